The van der Waals surface area contributed by atoms with E-state index in [2.05, 4.69) is 41.4 Å². The molecule has 3 aromatic heterocycles. The summed E-state index contributed by atoms with van der Waals surface area (Å²) in [5.41, 5.74) is 3.61. The van der Waals surface area contributed by atoms with Crippen LogP contribution in [0.5, 0.6) is 0 Å². The monoisotopic (exact) mass is 493 g/mol. The highest BCUT2D eigenvalue weighted by atomic mass is 19.3. The second-order valence-corrected chi connectivity index (χ2v) is 8.76. The molecule has 1 spiro atoms. The smallest absolute Gasteiger partial charge is 0.314 e. The lowest BCUT2D eigenvalue weighted by Crippen LogP contribution is -2.57. The van der Waals surface area contributed by atoms with Gasteiger partial charge in [-0.2, -0.15) is 8.78 Å². The van der Waals surface area contributed by atoms with Crippen LogP contribution in [0.15, 0.2) is 47.1 Å². The lowest BCUT2D eigenvalue weighted by atomic mass is 9.85. The molecule has 11 nitrogen and oxygen atoms in total. The highest BCUT2D eigenvalue weighted by Gasteiger charge is 2.42. The van der Waals surface area contributed by atoms with Crippen molar-refractivity contribution in [1.29, 1.82) is 0 Å². The molecule has 0 saturated carbocycles. The second kappa shape index (κ2) is 8.75. The fourth-order valence-corrected chi connectivity index (χ4v) is 4.44. The normalized spacial score (nSPS) is 16.6. The molecule has 13 heteroatoms. The molecule has 6 rings (SSSR count). The van der Waals surface area contributed by atoms with Gasteiger partial charge in [-0.25, -0.2) is 4.68 Å². The van der Waals surface area contributed by atoms with Gasteiger partial charge >= 0.3 is 6.43 Å². The zero-order valence-electron chi connectivity index (χ0n) is 18.9. The average Bonchev–Trinajstić information content (AvgIpc) is 3.56. The fraction of sp³-hybridized carbons (Fsp3) is 0.304. The maximum atomic E-state index is 12.8. The predicted molar refractivity (Wildman–Crippen MR) is 124 cm³/mol. The van der Waals surface area contributed by atoms with Gasteiger partial charge < -0.3 is 20.4 Å². The molecule has 5 heterocycles. The SMILES string of the molecule is O=C1Nc2cc(-c3cn(Cc4ccc(-c5nnc(C(F)F)o5)cn4)nn3)ccc2NC12CCNCC2. The molecule has 1 saturated heterocycles. The van der Waals surface area contributed by atoms with E-state index >= 15 is 0 Å². The van der Waals surface area contributed by atoms with Gasteiger partial charge in [0.05, 0.1) is 35.4 Å². The molecule has 4 aromatic rings. The van der Waals surface area contributed by atoms with E-state index in [0.29, 0.717) is 29.2 Å². The number of alkyl halides is 2. The molecular weight excluding hydrogens is 472 g/mol. The van der Waals surface area contributed by atoms with Gasteiger partial charge in [0.1, 0.15) is 11.2 Å². The van der Waals surface area contributed by atoms with Crippen molar-refractivity contribution in [2.24, 2.45) is 0 Å². The molecule has 1 amide bonds. The first kappa shape index (κ1) is 22.2. The number of nitrogens with one attached hydrogen (secondary N) is 3. The number of halogens is 2. The molecule has 1 fully saturated rings. The van der Waals surface area contributed by atoms with Gasteiger partial charge in [0.15, 0.2) is 0 Å². The third kappa shape index (κ3) is 4.06. The molecule has 0 bridgehead atoms. The van der Waals surface area contributed by atoms with Crippen LogP contribution in [0.2, 0.25) is 0 Å². The quantitative estimate of drug-likeness (QED) is 0.383. The number of pyridine rings is 1. The first-order valence-electron chi connectivity index (χ1n) is 11.4. The van der Waals surface area contributed by atoms with E-state index in [-0.39, 0.29) is 11.8 Å². The van der Waals surface area contributed by atoms with Crippen molar-refractivity contribution in [3.05, 3.63) is 54.3 Å². The molecule has 0 aliphatic carbocycles. The summed E-state index contributed by atoms with van der Waals surface area (Å²) in [6.07, 6.45) is 1.90. The first-order valence-corrected chi connectivity index (χ1v) is 11.4. The lowest BCUT2D eigenvalue weighted by Gasteiger charge is -2.41. The van der Waals surface area contributed by atoms with Gasteiger partial charge in [0, 0.05) is 11.8 Å². The number of nitrogens with zero attached hydrogens (tertiary/aromatic N) is 6. The van der Waals surface area contributed by atoms with Crippen molar-refractivity contribution in [3.8, 4) is 22.7 Å². The van der Waals surface area contributed by atoms with Crippen LogP contribution in [0, 0.1) is 0 Å². The summed E-state index contributed by atoms with van der Waals surface area (Å²) in [5, 5.41) is 25.2. The maximum absolute atomic E-state index is 12.8. The highest BCUT2D eigenvalue weighted by molar-refractivity contribution is 6.06. The number of rotatable bonds is 5. The number of hydrogen-bond acceptors (Lipinski definition) is 9. The number of hydrogen-bond donors (Lipinski definition) is 3. The minimum atomic E-state index is -2.83. The number of fused-ring (bicyclic) bond motifs is 1. The van der Waals surface area contributed by atoms with Crippen molar-refractivity contribution < 1.29 is 18.0 Å². The number of carbonyl (C=O) groups is 1. The Kier molecular flexibility index (Phi) is 5.40. The van der Waals surface area contributed by atoms with Gasteiger partial charge in [-0.1, -0.05) is 11.3 Å². The van der Waals surface area contributed by atoms with E-state index in [1.54, 1.807) is 23.0 Å². The summed E-state index contributed by atoms with van der Waals surface area (Å²) < 4.78 is 31.9. The Labute approximate surface area is 203 Å². The molecule has 0 radical (unpaired) electrons. The number of piperidine rings is 1. The minimum absolute atomic E-state index is 0.0159. The molecule has 3 N–H and O–H groups in total. The summed E-state index contributed by atoms with van der Waals surface area (Å²) in [4.78, 5) is 17.2. The standard InChI is InChI=1S/C23H21F2N9O2/c24-19(25)21-32-31-20(36-21)14-1-3-15(27-10-14)11-34-12-18(30-33-34)13-2-4-16-17(9-13)28-22(35)23(29-16)5-7-26-8-6-23/h1-4,9-10,12,19,26,29H,5-8,11H2,(H,28,35). The number of benzene rings is 1. The summed E-state index contributed by atoms with van der Waals surface area (Å²) >= 11 is 0. The van der Waals surface area contributed by atoms with E-state index in [0.717, 1.165) is 37.2 Å². The zero-order chi connectivity index (χ0) is 24.7. The van der Waals surface area contributed by atoms with Gasteiger partial charge in [-0.15, -0.1) is 15.3 Å². The summed E-state index contributed by atoms with van der Waals surface area (Å²) in [6, 6.07) is 9.16. The highest BCUT2D eigenvalue weighted by Crippen LogP contribution is 2.37. The molecule has 36 heavy (non-hydrogen) atoms. The number of anilines is 2. The number of aromatic nitrogens is 6. The van der Waals surface area contributed by atoms with Crippen molar-refractivity contribution >= 4 is 17.3 Å². The Hall–Kier alpha value is -4.26. The van der Waals surface area contributed by atoms with Crippen LogP contribution in [-0.4, -0.2) is 54.7 Å². The van der Waals surface area contributed by atoms with Crippen LogP contribution < -0.4 is 16.0 Å². The predicted octanol–water partition coefficient (Wildman–Crippen LogP) is 2.86. The Balaban J connectivity index is 1.16. The Morgan fingerprint density at radius 3 is 2.64 bits per heavy atom. The van der Waals surface area contributed by atoms with E-state index in [9.17, 15) is 13.6 Å². The zero-order valence-corrected chi connectivity index (χ0v) is 18.9. The second-order valence-electron chi connectivity index (χ2n) is 8.76. The van der Waals surface area contributed by atoms with Crippen LogP contribution in [0.1, 0.15) is 30.9 Å². The molecule has 2 aliphatic rings. The average molecular weight is 493 g/mol. The van der Waals surface area contributed by atoms with Crippen LogP contribution in [0.4, 0.5) is 20.2 Å². The number of carbonyl (C=O) groups excluding carboxylic acids is 1. The number of amides is 1. The van der Waals surface area contributed by atoms with Gasteiger partial charge in [-0.05, 0) is 50.2 Å². The van der Waals surface area contributed by atoms with Gasteiger partial charge in [0.25, 0.3) is 5.89 Å². The van der Waals surface area contributed by atoms with Crippen molar-refractivity contribution in [3.63, 3.8) is 0 Å². The van der Waals surface area contributed by atoms with Crippen molar-refractivity contribution in [2.75, 3.05) is 23.7 Å². The third-order valence-corrected chi connectivity index (χ3v) is 6.39. The molecule has 1 aromatic carbocycles. The molecule has 0 atom stereocenters. The Morgan fingerprint density at radius 1 is 1.06 bits per heavy atom. The van der Waals surface area contributed by atoms with Crippen LogP contribution in [0.3, 0.4) is 0 Å². The summed E-state index contributed by atoms with van der Waals surface area (Å²) in [6.45, 7) is 1.94. The third-order valence-electron chi connectivity index (χ3n) is 6.39. The molecule has 0 unspecified atom stereocenters. The molecule has 184 valence electrons. The topological polar surface area (TPSA) is 136 Å². The van der Waals surface area contributed by atoms with Gasteiger partial charge in [-0.3, -0.25) is 9.78 Å². The minimum Gasteiger partial charge on any atom is -0.415 e. The van der Waals surface area contributed by atoms with Crippen molar-refractivity contribution in [2.45, 2.75) is 31.4 Å². The maximum Gasteiger partial charge on any atom is 0.314 e. The summed E-state index contributed by atoms with van der Waals surface area (Å²) in [5.74, 6) is -0.766. The van der Waals surface area contributed by atoms with Crippen LogP contribution in [0.25, 0.3) is 22.7 Å². The molecular formula is C23H21F2N9O2. The van der Waals surface area contributed by atoms with Crippen LogP contribution in [-0.2, 0) is 11.3 Å². The van der Waals surface area contributed by atoms with E-state index < -0.39 is 17.9 Å². The van der Waals surface area contributed by atoms with E-state index in [1.165, 1.54) is 6.20 Å². The van der Waals surface area contributed by atoms with Crippen molar-refractivity contribution in [1.82, 2.24) is 35.5 Å². The molecule has 2 aliphatic heterocycles. The first-order chi connectivity index (χ1) is 17.5. The summed E-state index contributed by atoms with van der Waals surface area (Å²) in [7, 11) is 0. The van der Waals surface area contributed by atoms with Gasteiger partial charge in [0.2, 0.25) is 11.8 Å². The lowest BCUT2D eigenvalue weighted by molar-refractivity contribution is -0.121. The fourth-order valence-electron chi connectivity index (χ4n) is 4.44. The van der Waals surface area contributed by atoms with Crippen LogP contribution >= 0.6 is 0 Å². The van der Waals surface area contributed by atoms with E-state index in [4.69, 9.17) is 4.42 Å². The van der Waals surface area contributed by atoms with E-state index in [1.807, 2.05) is 18.2 Å². The Morgan fingerprint density at radius 2 is 1.89 bits per heavy atom. The Bertz CT molecular complexity index is 1410. The largest absolute Gasteiger partial charge is 0.415 e.